The summed E-state index contributed by atoms with van der Waals surface area (Å²) < 4.78 is 16.1. The summed E-state index contributed by atoms with van der Waals surface area (Å²) in [6.45, 7) is 1.32. The van der Waals surface area contributed by atoms with E-state index < -0.39 is 0 Å². The molecule has 0 saturated heterocycles. The highest BCUT2D eigenvalue weighted by Gasteiger charge is 2.28. The van der Waals surface area contributed by atoms with E-state index in [9.17, 15) is 4.79 Å². The standard InChI is InChI=1S/C17H15N3O4/c21-17(12-4-7-22-10-12)20-6-3-16-14(9-20)15(19-24-16)11-23-13-2-1-5-18-8-13/h1-2,4-5,7-8,10H,3,6,9,11H2. The summed E-state index contributed by atoms with van der Waals surface area (Å²) in [6, 6.07) is 5.30. The predicted molar refractivity (Wildman–Crippen MR) is 82.2 cm³/mol. The van der Waals surface area contributed by atoms with Crippen molar-refractivity contribution in [2.45, 2.75) is 19.6 Å². The van der Waals surface area contributed by atoms with Crippen LogP contribution in [-0.2, 0) is 19.6 Å². The molecule has 1 aliphatic heterocycles. The van der Waals surface area contributed by atoms with E-state index in [1.165, 1.54) is 12.5 Å². The van der Waals surface area contributed by atoms with Gasteiger partial charge in [-0.05, 0) is 18.2 Å². The lowest BCUT2D eigenvalue weighted by atomic mass is 10.1. The summed E-state index contributed by atoms with van der Waals surface area (Å²) in [5, 5.41) is 4.09. The third-order valence-electron chi connectivity index (χ3n) is 3.97. The van der Waals surface area contributed by atoms with Crippen molar-refractivity contribution in [1.29, 1.82) is 0 Å². The van der Waals surface area contributed by atoms with Crippen molar-refractivity contribution >= 4 is 5.91 Å². The van der Waals surface area contributed by atoms with E-state index in [1.807, 2.05) is 6.07 Å². The first-order valence-corrected chi connectivity index (χ1v) is 7.62. The highest BCUT2D eigenvalue weighted by molar-refractivity contribution is 5.93. The third-order valence-corrected chi connectivity index (χ3v) is 3.97. The van der Waals surface area contributed by atoms with Crippen molar-refractivity contribution in [2.75, 3.05) is 6.54 Å². The smallest absolute Gasteiger partial charge is 0.257 e. The molecule has 0 atom stereocenters. The molecule has 4 rings (SSSR count). The monoisotopic (exact) mass is 325 g/mol. The molecule has 3 aromatic rings. The van der Waals surface area contributed by atoms with Gasteiger partial charge in [-0.1, -0.05) is 5.16 Å². The van der Waals surface area contributed by atoms with Gasteiger partial charge in [-0.3, -0.25) is 9.78 Å². The van der Waals surface area contributed by atoms with Crippen molar-refractivity contribution in [1.82, 2.24) is 15.0 Å². The number of pyridine rings is 1. The summed E-state index contributed by atoms with van der Waals surface area (Å²) in [7, 11) is 0. The van der Waals surface area contributed by atoms with Crippen LogP contribution in [0.5, 0.6) is 5.75 Å². The molecule has 0 spiro atoms. The molecule has 3 aromatic heterocycles. The van der Waals surface area contributed by atoms with E-state index in [1.54, 1.807) is 29.4 Å². The van der Waals surface area contributed by atoms with Crippen LogP contribution in [-0.4, -0.2) is 27.5 Å². The molecule has 122 valence electrons. The molecule has 0 saturated carbocycles. The number of carbonyl (C=O) groups excluding carboxylic acids is 1. The van der Waals surface area contributed by atoms with Gasteiger partial charge in [0.1, 0.15) is 30.1 Å². The minimum absolute atomic E-state index is 0.0604. The number of fused-ring (bicyclic) bond motifs is 1. The number of carbonyl (C=O) groups is 1. The van der Waals surface area contributed by atoms with E-state index in [4.69, 9.17) is 13.7 Å². The molecule has 0 fully saturated rings. The van der Waals surface area contributed by atoms with Crippen LogP contribution in [0.4, 0.5) is 0 Å². The second-order valence-corrected chi connectivity index (χ2v) is 5.50. The van der Waals surface area contributed by atoms with Crippen LogP contribution in [0.1, 0.15) is 27.4 Å². The number of furan rings is 1. The molecular weight excluding hydrogens is 310 g/mol. The van der Waals surface area contributed by atoms with Gasteiger partial charge in [0.25, 0.3) is 5.91 Å². The molecule has 0 aliphatic carbocycles. The first kappa shape index (κ1) is 14.5. The molecule has 1 aliphatic rings. The quantitative estimate of drug-likeness (QED) is 0.733. The molecule has 7 heteroatoms. The fraction of sp³-hybridized carbons (Fsp3) is 0.235. The fourth-order valence-corrected chi connectivity index (χ4v) is 2.70. The molecule has 0 unspecified atom stereocenters. The van der Waals surface area contributed by atoms with Crippen molar-refractivity contribution in [3.63, 3.8) is 0 Å². The van der Waals surface area contributed by atoms with E-state index in [0.29, 0.717) is 36.5 Å². The Labute approximate surface area is 137 Å². The number of nitrogens with zero attached hydrogens (tertiary/aromatic N) is 3. The number of amides is 1. The maximum absolute atomic E-state index is 12.5. The summed E-state index contributed by atoms with van der Waals surface area (Å²) in [4.78, 5) is 18.2. The molecule has 0 N–H and O–H groups in total. The largest absolute Gasteiger partial charge is 0.486 e. The average molecular weight is 325 g/mol. The van der Waals surface area contributed by atoms with Crippen LogP contribution in [0.25, 0.3) is 0 Å². The highest BCUT2D eigenvalue weighted by atomic mass is 16.5. The Morgan fingerprint density at radius 3 is 3.12 bits per heavy atom. The van der Waals surface area contributed by atoms with Crippen LogP contribution in [0.15, 0.2) is 52.1 Å². The molecule has 1 amide bonds. The minimum atomic E-state index is -0.0604. The van der Waals surface area contributed by atoms with Crippen LogP contribution in [0, 0.1) is 0 Å². The summed E-state index contributed by atoms with van der Waals surface area (Å²) in [5.74, 6) is 1.42. The van der Waals surface area contributed by atoms with Gasteiger partial charge in [0.15, 0.2) is 0 Å². The van der Waals surface area contributed by atoms with E-state index in [-0.39, 0.29) is 12.5 Å². The Bertz CT molecular complexity index is 827. The zero-order valence-corrected chi connectivity index (χ0v) is 12.8. The van der Waals surface area contributed by atoms with Gasteiger partial charge in [0.05, 0.1) is 24.6 Å². The van der Waals surface area contributed by atoms with Crippen LogP contribution >= 0.6 is 0 Å². The Hall–Kier alpha value is -3.09. The van der Waals surface area contributed by atoms with Crippen LogP contribution < -0.4 is 4.74 Å². The number of rotatable bonds is 4. The first-order chi connectivity index (χ1) is 11.8. The Morgan fingerprint density at radius 2 is 2.33 bits per heavy atom. The molecular formula is C17H15N3O4. The van der Waals surface area contributed by atoms with Gasteiger partial charge in [-0.15, -0.1) is 0 Å². The lowest BCUT2D eigenvalue weighted by Crippen LogP contribution is -2.35. The third kappa shape index (κ3) is 2.76. The SMILES string of the molecule is O=C(c1ccoc1)N1CCc2onc(COc3cccnc3)c2C1. The van der Waals surface area contributed by atoms with Crippen molar-refractivity contribution in [3.8, 4) is 5.75 Å². The zero-order valence-electron chi connectivity index (χ0n) is 12.8. The molecule has 4 heterocycles. The number of ether oxygens (including phenoxy) is 1. The number of hydrogen-bond donors (Lipinski definition) is 0. The van der Waals surface area contributed by atoms with Crippen LogP contribution in [0.3, 0.4) is 0 Å². The lowest BCUT2D eigenvalue weighted by Gasteiger charge is -2.25. The van der Waals surface area contributed by atoms with Crippen LogP contribution in [0.2, 0.25) is 0 Å². The molecule has 0 aromatic carbocycles. The van der Waals surface area contributed by atoms with Gasteiger partial charge in [-0.2, -0.15) is 0 Å². The normalized spacial score (nSPS) is 13.6. The first-order valence-electron chi connectivity index (χ1n) is 7.62. The van der Waals surface area contributed by atoms with E-state index in [2.05, 4.69) is 10.1 Å². The lowest BCUT2D eigenvalue weighted by molar-refractivity contribution is 0.0727. The van der Waals surface area contributed by atoms with Crippen molar-refractivity contribution in [3.05, 3.63) is 65.7 Å². The van der Waals surface area contributed by atoms with Crippen molar-refractivity contribution < 1.29 is 18.5 Å². The predicted octanol–water partition coefficient (Wildman–Crippen LogP) is 2.44. The Morgan fingerprint density at radius 1 is 1.38 bits per heavy atom. The maximum atomic E-state index is 12.5. The van der Waals surface area contributed by atoms with Gasteiger partial charge in [-0.25, -0.2) is 0 Å². The molecule has 0 radical (unpaired) electrons. The van der Waals surface area contributed by atoms with Gasteiger partial charge < -0.3 is 18.6 Å². The van der Waals surface area contributed by atoms with E-state index >= 15 is 0 Å². The summed E-state index contributed by atoms with van der Waals surface area (Å²) >= 11 is 0. The minimum Gasteiger partial charge on any atom is -0.486 e. The zero-order chi connectivity index (χ0) is 16.4. The van der Waals surface area contributed by atoms with Crippen molar-refractivity contribution in [2.24, 2.45) is 0 Å². The topological polar surface area (TPSA) is 81.6 Å². The van der Waals surface area contributed by atoms with Gasteiger partial charge >= 0.3 is 0 Å². The molecule has 7 nitrogen and oxygen atoms in total. The summed E-state index contributed by atoms with van der Waals surface area (Å²) in [5.41, 5.74) is 2.17. The summed E-state index contributed by atoms with van der Waals surface area (Å²) in [6.07, 6.45) is 6.91. The second kappa shape index (κ2) is 6.19. The maximum Gasteiger partial charge on any atom is 0.257 e. The molecule has 0 bridgehead atoms. The van der Waals surface area contributed by atoms with Gasteiger partial charge in [0.2, 0.25) is 0 Å². The number of aromatic nitrogens is 2. The fourth-order valence-electron chi connectivity index (χ4n) is 2.70. The second-order valence-electron chi connectivity index (χ2n) is 5.50. The average Bonchev–Trinajstić information content (AvgIpc) is 3.30. The number of hydrogen-bond acceptors (Lipinski definition) is 6. The Kier molecular flexibility index (Phi) is 3.74. The molecule has 24 heavy (non-hydrogen) atoms. The highest BCUT2D eigenvalue weighted by Crippen LogP contribution is 2.24. The Balaban J connectivity index is 1.48. The van der Waals surface area contributed by atoms with E-state index in [0.717, 1.165) is 11.3 Å². The van der Waals surface area contributed by atoms with Gasteiger partial charge in [0, 0.05) is 24.7 Å².